The molecule has 1 atom stereocenters. The van der Waals surface area contributed by atoms with Crippen LogP contribution in [0.2, 0.25) is 0 Å². The van der Waals surface area contributed by atoms with Gasteiger partial charge in [-0.3, -0.25) is 4.79 Å². The van der Waals surface area contributed by atoms with Crippen molar-refractivity contribution in [2.24, 2.45) is 5.92 Å². The zero-order valence-corrected chi connectivity index (χ0v) is 22.5. The largest absolute Gasteiger partial charge is 0.418 e. The van der Waals surface area contributed by atoms with Crippen LogP contribution in [0.1, 0.15) is 60.9 Å². The van der Waals surface area contributed by atoms with E-state index in [0.29, 0.717) is 12.1 Å². The number of carbonyl (C=O) groups is 1. The molecular formula is C29H23F12NO. The Hall–Kier alpha value is -3.71. The van der Waals surface area contributed by atoms with E-state index in [1.165, 1.54) is 6.92 Å². The minimum absolute atomic E-state index is 0.0210. The van der Waals surface area contributed by atoms with Crippen LogP contribution in [0.15, 0.2) is 54.6 Å². The summed E-state index contributed by atoms with van der Waals surface area (Å²) >= 11 is 0. The average molecular weight is 629 g/mol. The van der Waals surface area contributed by atoms with Gasteiger partial charge in [0.1, 0.15) is 5.78 Å². The Kier molecular flexibility index (Phi) is 9.24. The Morgan fingerprint density at radius 3 is 1.60 bits per heavy atom. The normalized spacial score (nSPS) is 13.8. The number of halogens is 12. The standard InChI is InChI=1S/C29H23F12NO/c1-14(2)6-23(15(3)43)18-7-16(17-8-20(27(33,34)35)12-21(9-17)28(36,37)38)10-22(11-18)42-25-13-19(26(30,31)32)4-5-24(25)29(39,40)41/h4-5,7-14,23,42H,6H2,1-3H3. The van der Waals surface area contributed by atoms with Crippen molar-refractivity contribution in [3.63, 3.8) is 0 Å². The smallest absolute Gasteiger partial charge is 0.355 e. The van der Waals surface area contributed by atoms with Crippen LogP contribution in [0.3, 0.4) is 0 Å². The number of alkyl halides is 12. The number of carbonyl (C=O) groups excluding carboxylic acids is 1. The quantitative estimate of drug-likeness (QED) is 0.264. The number of hydrogen-bond donors (Lipinski definition) is 1. The summed E-state index contributed by atoms with van der Waals surface area (Å²) in [6, 6.07) is 4.42. The Labute approximate surface area is 237 Å². The number of rotatable bonds is 7. The number of benzene rings is 3. The first-order valence-corrected chi connectivity index (χ1v) is 12.5. The molecule has 0 heterocycles. The number of nitrogens with one attached hydrogen (secondary N) is 1. The summed E-state index contributed by atoms with van der Waals surface area (Å²) in [5.74, 6) is -1.61. The fraction of sp³-hybridized carbons (Fsp3) is 0.345. The van der Waals surface area contributed by atoms with Gasteiger partial charge in [0.2, 0.25) is 0 Å². The van der Waals surface area contributed by atoms with E-state index in [2.05, 4.69) is 5.32 Å². The zero-order chi connectivity index (χ0) is 32.7. The van der Waals surface area contributed by atoms with Crippen LogP contribution in [-0.2, 0) is 29.5 Å². The second-order valence-corrected chi connectivity index (χ2v) is 10.3. The molecule has 1 unspecified atom stereocenters. The summed E-state index contributed by atoms with van der Waals surface area (Å²) in [5, 5.41) is 2.20. The van der Waals surface area contributed by atoms with Gasteiger partial charge >= 0.3 is 24.7 Å². The van der Waals surface area contributed by atoms with Crippen LogP contribution in [0, 0.1) is 5.92 Å². The molecule has 0 amide bonds. The second-order valence-electron chi connectivity index (χ2n) is 10.3. The summed E-state index contributed by atoms with van der Waals surface area (Å²) in [6.07, 6.45) is -20.5. The van der Waals surface area contributed by atoms with Gasteiger partial charge in [0, 0.05) is 11.6 Å². The van der Waals surface area contributed by atoms with E-state index in [0.717, 1.165) is 18.2 Å². The topological polar surface area (TPSA) is 29.1 Å². The van der Waals surface area contributed by atoms with E-state index in [-0.39, 0.29) is 47.7 Å². The predicted octanol–water partition coefficient (Wildman–Crippen LogP) is 10.9. The van der Waals surface area contributed by atoms with Crippen molar-refractivity contribution in [3.8, 4) is 11.1 Å². The molecule has 3 rings (SSSR count). The third-order valence-corrected chi connectivity index (χ3v) is 6.41. The van der Waals surface area contributed by atoms with Gasteiger partial charge in [-0.25, -0.2) is 0 Å². The Bertz CT molecular complexity index is 1450. The van der Waals surface area contributed by atoms with E-state index < -0.39 is 75.6 Å². The molecule has 0 saturated carbocycles. The van der Waals surface area contributed by atoms with E-state index in [1.54, 1.807) is 13.8 Å². The van der Waals surface area contributed by atoms with Crippen molar-refractivity contribution in [2.45, 2.75) is 57.8 Å². The van der Waals surface area contributed by atoms with Gasteiger partial charge in [0.25, 0.3) is 0 Å². The molecule has 0 aromatic heterocycles. The van der Waals surface area contributed by atoms with Gasteiger partial charge in [0.15, 0.2) is 0 Å². The molecule has 0 fully saturated rings. The van der Waals surface area contributed by atoms with Gasteiger partial charge < -0.3 is 5.32 Å². The van der Waals surface area contributed by atoms with Crippen molar-refractivity contribution in [2.75, 3.05) is 5.32 Å². The maximum absolute atomic E-state index is 13.7. The number of anilines is 2. The van der Waals surface area contributed by atoms with Crippen molar-refractivity contribution >= 4 is 17.2 Å². The summed E-state index contributed by atoms with van der Waals surface area (Å²) in [7, 11) is 0. The van der Waals surface area contributed by atoms with E-state index in [1.807, 2.05) is 0 Å². The number of Topliss-reactive ketones (excluding diaryl/α,β-unsaturated/α-hetero) is 1. The summed E-state index contributed by atoms with van der Waals surface area (Å²) in [6.45, 7) is 4.62. The average Bonchev–Trinajstić information content (AvgIpc) is 2.84. The highest BCUT2D eigenvalue weighted by Gasteiger charge is 2.39. The maximum Gasteiger partial charge on any atom is 0.418 e. The van der Waals surface area contributed by atoms with Gasteiger partial charge in [-0.05, 0) is 84.5 Å². The molecular weight excluding hydrogens is 606 g/mol. The molecule has 43 heavy (non-hydrogen) atoms. The molecule has 1 N–H and O–H groups in total. The number of hydrogen-bond acceptors (Lipinski definition) is 2. The highest BCUT2D eigenvalue weighted by atomic mass is 19.4. The van der Waals surface area contributed by atoms with Gasteiger partial charge in [-0.2, -0.15) is 52.7 Å². The Morgan fingerprint density at radius 2 is 1.16 bits per heavy atom. The van der Waals surface area contributed by atoms with Gasteiger partial charge in [0.05, 0.1) is 27.9 Å². The first-order valence-electron chi connectivity index (χ1n) is 12.5. The second kappa shape index (κ2) is 11.8. The van der Waals surface area contributed by atoms with Gasteiger partial charge in [-0.1, -0.05) is 19.9 Å². The molecule has 0 aliphatic rings. The first kappa shape index (κ1) is 33.8. The highest BCUT2D eigenvalue weighted by molar-refractivity contribution is 5.85. The summed E-state index contributed by atoms with van der Waals surface area (Å²) in [5.41, 5.74) is -8.75. The van der Waals surface area contributed by atoms with Gasteiger partial charge in [-0.15, -0.1) is 0 Å². The van der Waals surface area contributed by atoms with Crippen molar-refractivity contribution < 1.29 is 57.5 Å². The molecule has 3 aromatic rings. The fourth-order valence-electron chi connectivity index (χ4n) is 4.45. The van der Waals surface area contributed by atoms with Crippen molar-refractivity contribution in [1.29, 1.82) is 0 Å². The molecule has 0 saturated heterocycles. The van der Waals surface area contributed by atoms with E-state index >= 15 is 0 Å². The minimum Gasteiger partial charge on any atom is -0.355 e. The lowest BCUT2D eigenvalue weighted by Crippen LogP contribution is -2.14. The molecule has 14 heteroatoms. The van der Waals surface area contributed by atoms with E-state index in [4.69, 9.17) is 0 Å². The third kappa shape index (κ3) is 8.44. The number of ketones is 1. The van der Waals surface area contributed by atoms with Crippen LogP contribution in [0.5, 0.6) is 0 Å². The van der Waals surface area contributed by atoms with Crippen molar-refractivity contribution in [1.82, 2.24) is 0 Å². The van der Waals surface area contributed by atoms with Crippen molar-refractivity contribution in [3.05, 3.63) is 82.4 Å². The lowest BCUT2D eigenvalue weighted by atomic mass is 9.85. The first-order chi connectivity index (χ1) is 19.5. The molecule has 234 valence electrons. The monoisotopic (exact) mass is 629 g/mol. The van der Waals surface area contributed by atoms with E-state index in [9.17, 15) is 57.5 Å². The van der Waals surface area contributed by atoms with Crippen LogP contribution in [0.4, 0.5) is 64.1 Å². The Morgan fingerprint density at radius 1 is 0.651 bits per heavy atom. The lowest BCUT2D eigenvalue weighted by Gasteiger charge is -2.22. The predicted molar refractivity (Wildman–Crippen MR) is 134 cm³/mol. The highest BCUT2D eigenvalue weighted by Crippen LogP contribution is 2.43. The maximum atomic E-state index is 13.7. The van der Waals surface area contributed by atoms with Crippen LogP contribution in [-0.4, -0.2) is 5.78 Å². The summed E-state index contributed by atoms with van der Waals surface area (Å²) < 4.78 is 162. The minimum atomic E-state index is -5.21. The SMILES string of the molecule is CC(=O)C(CC(C)C)c1cc(Nc2cc(C(F)(F)F)ccc2C(F)(F)F)cc(-c2cc(C(F)(F)F)cc(C(F)(F)F)c2)c1. The molecule has 0 aliphatic heterocycles. The van der Waals surface area contributed by atoms with Crippen LogP contribution in [0.25, 0.3) is 11.1 Å². The molecule has 0 radical (unpaired) electrons. The van der Waals surface area contributed by atoms with Crippen LogP contribution < -0.4 is 5.32 Å². The molecule has 0 bridgehead atoms. The molecule has 0 aliphatic carbocycles. The summed E-state index contributed by atoms with van der Waals surface area (Å²) in [4.78, 5) is 12.5. The van der Waals surface area contributed by atoms with Crippen LogP contribution >= 0.6 is 0 Å². The molecule has 3 aromatic carbocycles. The Balaban J connectivity index is 2.35. The third-order valence-electron chi connectivity index (χ3n) is 6.41. The fourth-order valence-corrected chi connectivity index (χ4v) is 4.45. The molecule has 2 nitrogen and oxygen atoms in total. The zero-order valence-electron chi connectivity index (χ0n) is 22.5. The lowest BCUT2D eigenvalue weighted by molar-refractivity contribution is -0.143. The molecule has 0 spiro atoms.